The van der Waals surface area contributed by atoms with E-state index in [2.05, 4.69) is 9.47 Å². The molecule has 0 aromatic rings. The normalized spacial score (nSPS) is 11.5. The number of carbonyl (C=O) groups excluding carboxylic acids is 3. The molecule has 0 aromatic carbocycles. The summed E-state index contributed by atoms with van der Waals surface area (Å²) in [4.78, 5) is 30.5. The van der Waals surface area contributed by atoms with Crippen LogP contribution in [0.1, 0.15) is 6.92 Å². The first kappa shape index (κ1) is 11.6. The molecule has 74 valence electrons. The van der Waals surface area contributed by atoms with Crippen LogP contribution < -0.4 is 0 Å². The Balaban J connectivity index is 3.57. The van der Waals surface area contributed by atoms with E-state index in [9.17, 15) is 14.4 Å². The van der Waals surface area contributed by atoms with Crippen LogP contribution in [0.3, 0.4) is 0 Å². The molecular weight excluding hydrogens is 180 g/mol. The zero-order valence-electron chi connectivity index (χ0n) is 7.06. The van der Waals surface area contributed by atoms with Gasteiger partial charge < -0.3 is 14.6 Å². The molecule has 6 nitrogen and oxygen atoms in total. The summed E-state index contributed by atoms with van der Waals surface area (Å²) in [5.41, 5.74) is 0. The summed E-state index contributed by atoms with van der Waals surface area (Å²) in [5.74, 6) is -1.77. The minimum absolute atomic E-state index is 0.163. The van der Waals surface area contributed by atoms with E-state index in [-0.39, 0.29) is 19.7 Å². The van der Waals surface area contributed by atoms with Gasteiger partial charge in [0.05, 0.1) is 0 Å². The molecule has 1 atom stereocenters. The SMILES string of the molecule is CC(=O)C(=O)OCC(O)COC=O. The minimum atomic E-state index is -1.10. The van der Waals surface area contributed by atoms with Gasteiger partial charge in [0.2, 0.25) is 5.78 Å². The lowest BCUT2D eigenvalue weighted by Crippen LogP contribution is -2.25. The van der Waals surface area contributed by atoms with Gasteiger partial charge in [0.1, 0.15) is 19.3 Å². The first-order valence-electron chi connectivity index (χ1n) is 3.49. The molecule has 0 saturated carbocycles. The van der Waals surface area contributed by atoms with E-state index in [0.717, 1.165) is 6.92 Å². The molecule has 0 spiro atoms. The summed E-state index contributed by atoms with van der Waals surface area (Å²) < 4.78 is 8.51. The number of esters is 1. The Kier molecular flexibility index (Phi) is 5.45. The lowest BCUT2D eigenvalue weighted by Gasteiger charge is -2.08. The number of hydrogen-bond donors (Lipinski definition) is 1. The van der Waals surface area contributed by atoms with E-state index in [1.54, 1.807) is 0 Å². The van der Waals surface area contributed by atoms with Gasteiger partial charge in [0.25, 0.3) is 6.47 Å². The minimum Gasteiger partial charge on any atom is -0.465 e. The predicted octanol–water partition coefficient (Wildman–Crippen LogP) is -1.35. The van der Waals surface area contributed by atoms with Gasteiger partial charge in [-0.25, -0.2) is 4.79 Å². The van der Waals surface area contributed by atoms with Crippen molar-refractivity contribution in [2.75, 3.05) is 13.2 Å². The monoisotopic (exact) mass is 190 g/mol. The van der Waals surface area contributed by atoms with Gasteiger partial charge in [0.15, 0.2) is 0 Å². The van der Waals surface area contributed by atoms with Gasteiger partial charge in [0, 0.05) is 6.92 Å². The van der Waals surface area contributed by atoms with Crippen LogP contribution >= 0.6 is 0 Å². The molecule has 0 amide bonds. The number of aliphatic hydroxyl groups is 1. The highest BCUT2D eigenvalue weighted by Crippen LogP contribution is 1.88. The van der Waals surface area contributed by atoms with Crippen molar-refractivity contribution in [3.8, 4) is 0 Å². The van der Waals surface area contributed by atoms with Crippen molar-refractivity contribution in [3.05, 3.63) is 0 Å². The molecule has 6 heteroatoms. The molecule has 0 aliphatic heterocycles. The van der Waals surface area contributed by atoms with Crippen LogP contribution in [0.4, 0.5) is 0 Å². The van der Waals surface area contributed by atoms with E-state index in [0.29, 0.717) is 0 Å². The van der Waals surface area contributed by atoms with E-state index in [1.165, 1.54) is 0 Å². The Labute approximate surface area is 74.4 Å². The number of aliphatic hydroxyl groups excluding tert-OH is 1. The van der Waals surface area contributed by atoms with E-state index < -0.39 is 17.9 Å². The van der Waals surface area contributed by atoms with Crippen molar-refractivity contribution in [2.45, 2.75) is 13.0 Å². The highest BCUT2D eigenvalue weighted by atomic mass is 16.6. The number of hydrogen-bond acceptors (Lipinski definition) is 6. The summed E-state index contributed by atoms with van der Waals surface area (Å²) in [6.07, 6.45) is -1.10. The van der Waals surface area contributed by atoms with E-state index >= 15 is 0 Å². The van der Waals surface area contributed by atoms with Crippen molar-refractivity contribution < 1.29 is 29.0 Å². The third-order valence-corrected chi connectivity index (χ3v) is 1.05. The molecule has 1 N–H and O–H groups in total. The molecule has 0 rings (SSSR count). The molecular formula is C7H10O6. The fraction of sp³-hybridized carbons (Fsp3) is 0.571. The molecule has 1 unspecified atom stereocenters. The average Bonchev–Trinajstić information content (AvgIpc) is 2.10. The van der Waals surface area contributed by atoms with Crippen LogP contribution in [0, 0.1) is 0 Å². The molecule has 0 saturated heterocycles. The van der Waals surface area contributed by atoms with Crippen LogP contribution in [0.15, 0.2) is 0 Å². The van der Waals surface area contributed by atoms with Gasteiger partial charge in [-0.2, -0.15) is 0 Å². The van der Waals surface area contributed by atoms with Gasteiger partial charge in [-0.15, -0.1) is 0 Å². The zero-order valence-corrected chi connectivity index (χ0v) is 7.06. The molecule has 13 heavy (non-hydrogen) atoms. The zero-order chi connectivity index (χ0) is 10.3. The lowest BCUT2D eigenvalue weighted by molar-refractivity contribution is -0.156. The maximum absolute atomic E-state index is 10.5. The summed E-state index contributed by atoms with van der Waals surface area (Å²) in [6, 6.07) is 0. The smallest absolute Gasteiger partial charge is 0.374 e. The first-order valence-corrected chi connectivity index (χ1v) is 3.49. The summed E-state index contributed by atoms with van der Waals surface area (Å²) in [5, 5.41) is 8.94. The first-order chi connectivity index (χ1) is 6.07. The molecule has 0 heterocycles. The maximum atomic E-state index is 10.5. The number of ketones is 1. The Morgan fingerprint density at radius 2 is 2.08 bits per heavy atom. The summed E-state index contributed by atoms with van der Waals surface area (Å²) in [6.45, 7) is 0.577. The predicted molar refractivity (Wildman–Crippen MR) is 39.7 cm³/mol. The van der Waals surface area contributed by atoms with Crippen LogP contribution in [-0.2, 0) is 23.9 Å². The fourth-order valence-electron chi connectivity index (χ4n) is 0.472. The van der Waals surface area contributed by atoms with Gasteiger partial charge >= 0.3 is 5.97 Å². The van der Waals surface area contributed by atoms with Crippen molar-refractivity contribution in [1.82, 2.24) is 0 Å². The van der Waals surface area contributed by atoms with E-state index in [1.807, 2.05) is 0 Å². The lowest BCUT2D eigenvalue weighted by atomic mass is 10.4. The van der Waals surface area contributed by atoms with E-state index in [4.69, 9.17) is 5.11 Å². The van der Waals surface area contributed by atoms with Crippen LogP contribution in [0.5, 0.6) is 0 Å². The van der Waals surface area contributed by atoms with Gasteiger partial charge in [-0.1, -0.05) is 0 Å². The summed E-state index contributed by atoms with van der Waals surface area (Å²) in [7, 11) is 0. The quantitative estimate of drug-likeness (QED) is 0.316. The Hall–Kier alpha value is -1.43. The van der Waals surface area contributed by atoms with Crippen molar-refractivity contribution >= 4 is 18.2 Å². The maximum Gasteiger partial charge on any atom is 0.374 e. The van der Waals surface area contributed by atoms with Gasteiger partial charge in [-0.05, 0) is 0 Å². The van der Waals surface area contributed by atoms with Crippen LogP contribution in [0.25, 0.3) is 0 Å². The summed E-state index contributed by atoms with van der Waals surface area (Å²) >= 11 is 0. The topological polar surface area (TPSA) is 89.9 Å². The highest BCUT2D eigenvalue weighted by Gasteiger charge is 2.12. The fourth-order valence-corrected chi connectivity index (χ4v) is 0.472. The van der Waals surface area contributed by atoms with Crippen LogP contribution in [0.2, 0.25) is 0 Å². The highest BCUT2D eigenvalue weighted by molar-refractivity contribution is 6.32. The molecule has 0 aliphatic rings. The second-order valence-corrected chi connectivity index (χ2v) is 2.24. The number of Topliss-reactive ketones (excluding diaryl/α,β-unsaturated/α-hetero) is 1. The average molecular weight is 190 g/mol. The number of rotatable bonds is 6. The Bertz CT molecular complexity index is 199. The third kappa shape index (κ3) is 5.80. The molecule has 0 fully saturated rings. The number of carbonyl (C=O) groups is 3. The van der Waals surface area contributed by atoms with Crippen LogP contribution in [-0.4, -0.2) is 42.6 Å². The number of ether oxygens (including phenoxy) is 2. The molecule has 0 bridgehead atoms. The standard InChI is InChI=1S/C7H10O6/c1-5(9)7(11)13-3-6(10)2-12-4-8/h4,6,10H,2-3H2,1H3. The van der Waals surface area contributed by atoms with Crippen molar-refractivity contribution in [2.24, 2.45) is 0 Å². The largest absolute Gasteiger partial charge is 0.465 e. The molecule has 0 radical (unpaired) electrons. The molecule has 0 aliphatic carbocycles. The Morgan fingerprint density at radius 1 is 1.46 bits per heavy atom. The van der Waals surface area contributed by atoms with Gasteiger partial charge in [-0.3, -0.25) is 9.59 Å². The van der Waals surface area contributed by atoms with Crippen molar-refractivity contribution in [1.29, 1.82) is 0 Å². The third-order valence-electron chi connectivity index (χ3n) is 1.05. The second-order valence-electron chi connectivity index (χ2n) is 2.24. The molecule has 0 aromatic heterocycles. The van der Waals surface area contributed by atoms with Crippen molar-refractivity contribution in [3.63, 3.8) is 0 Å². The second kappa shape index (κ2) is 6.13. The Morgan fingerprint density at radius 3 is 2.54 bits per heavy atom.